The van der Waals surface area contributed by atoms with Gasteiger partial charge in [-0.3, -0.25) is 4.79 Å². The van der Waals surface area contributed by atoms with Crippen LogP contribution in [0.25, 0.3) is 10.9 Å². The van der Waals surface area contributed by atoms with E-state index in [2.05, 4.69) is 15.3 Å². The van der Waals surface area contributed by atoms with Crippen LogP contribution in [0.5, 0.6) is 0 Å². The maximum absolute atomic E-state index is 14.5. The second kappa shape index (κ2) is 5.40. The molecule has 5 nitrogen and oxygen atoms in total. The van der Waals surface area contributed by atoms with Gasteiger partial charge in [-0.25, -0.2) is 14.5 Å². The summed E-state index contributed by atoms with van der Waals surface area (Å²) in [5.74, 6) is 0. The van der Waals surface area contributed by atoms with Crippen molar-refractivity contribution in [1.82, 2.24) is 15.3 Å². The zero-order valence-electron chi connectivity index (χ0n) is 11.4. The fourth-order valence-electron chi connectivity index (χ4n) is 2.58. The molecular weight excluding hydrogens is 278 g/mol. The lowest BCUT2D eigenvalue weighted by molar-refractivity contribution is 0.109. The Morgan fingerprint density at radius 1 is 1.33 bits per heavy atom. The maximum atomic E-state index is 14.5. The number of anilines is 1. The topological polar surface area (TPSA) is 61.0 Å². The van der Waals surface area contributed by atoms with Crippen LogP contribution in [0, 0.1) is 0 Å². The first-order chi connectivity index (χ1) is 10.1. The Labute approximate surface area is 119 Å². The molecule has 2 N–H and O–H groups in total. The number of aromatic nitrogens is 2. The van der Waals surface area contributed by atoms with Crippen LogP contribution in [0.1, 0.15) is 12.8 Å². The highest BCUT2D eigenvalue weighted by Gasteiger charge is 2.34. The van der Waals surface area contributed by atoms with Gasteiger partial charge in [0.05, 0.1) is 29.5 Å². The fourth-order valence-corrected chi connectivity index (χ4v) is 2.58. The molecule has 0 saturated carbocycles. The number of halogens is 2. The Morgan fingerprint density at radius 2 is 2.10 bits per heavy atom. The molecular formula is C14H16F2N4O. The summed E-state index contributed by atoms with van der Waals surface area (Å²) in [5.41, 5.74) is -1.24. The van der Waals surface area contributed by atoms with E-state index in [1.807, 2.05) is 0 Å². The highest BCUT2D eigenvalue weighted by Crippen LogP contribution is 2.28. The van der Waals surface area contributed by atoms with Gasteiger partial charge in [0.25, 0.3) is 5.56 Å². The molecule has 0 amide bonds. The SMILES string of the molecule is O=c1[nH]cnc2ccc(N(F)CC3(F)CCNCC3)cc12. The Kier molecular flexibility index (Phi) is 3.59. The number of nitrogens with zero attached hydrogens (tertiary/aromatic N) is 2. The number of hydrogen-bond donors (Lipinski definition) is 2. The highest BCUT2D eigenvalue weighted by molar-refractivity contribution is 5.81. The van der Waals surface area contributed by atoms with Gasteiger partial charge in [-0.1, -0.05) is 4.48 Å². The van der Waals surface area contributed by atoms with Gasteiger partial charge in [-0.15, -0.1) is 0 Å². The molecule has 3 rings (SSSR count). The molecule has 1 aromatic heterocycles. The van der Waals surface area contributed by atoms with Crippen molar-refractivity contribution >= 4 is 16.6 Å². The van der Waals surface area contributed by atoms with Crippen molar-refractivity contribution in [2.75, 3.05) is 24.8 Å². The monoisotopic (exact) mass is 294 g/mol. The van der Waals surface area contributed by atoms with Crippen molar-refractivity contribution in [3.63, 3.8) is 0 Å². The first-order valence-electron chi connectivity index (χ1n) is 6.88. The molecule has 0 spiro atoms. The van der Waals surface area contributed by atoms with Crippen LogP contribution < -0.4 is 16.0 Å². The molecule has 0 bridgehead atoms. The van der Waals surface area contributed by atoms with Crippen LogP contribution in [0.4, 0.5) is 14.6 Å². The van der Waals surface area contributed by atoms with Crippen molar-refractivity contribution in [1.29, 1.82) is 0 Å². The third kappa shape index (κ3) is 2.87. The van der Waals surface area contributed by atoms with Gasteiger partial charge in [0, 0.05) is 0 Å². The zero-order valence-corrected chi connectivity index (χ0v) is 11.4. The van der Waals surface area contributed by atoms with E-state index < -0.39 is 5.67 Å². The number of nitrogens with one attached hydrogen (secondary N) is 2. The van der Waals surface area contributed by atoms with Crippen LogP contribution >= 0.6 is 0 Å². The first kappa shape index (κ1) is 13.9. The van der Waals surface area contributed by atoms with Crippen molar-refractivity contribution in [3.8, 4) is 0 Å². The number of piperidine rings is 1. The van der Waals surface area contributed by atoms with E-state index in [9.17, 15) is 13.7 Å². The summed E-state index contributed by atoms with van der Waals surface area (Å²) in [6.07, 6.45) is 1.86. The van der Waals surface area contributed by atoms with Gasteiger partial charge < -0.3 is 10.3 Å². The van der Waals surface area contributed by atoms with Crippen LogP contribution in [-0.4, -0.2) is 35.3 Å². The molecule has 1 aromatic carbocycles. The summed E-state index contributed by atoms with van der Waals surface area (Å²) >= 11 is 0. The molecule has 0 unspecified atom stereocenters. The zero-order chi connectivity index (χ0) is 14.9. The molecule has 0 radical (unpaired) electrons. The molecule has 7 heteroatoms. The summed E-state index contributed by atoms with van der Waals surface area (Å²) in [5, 5.41) is 3.71. The van der Waals surface area contributed by atoms with Gasteiger partial charge in [0.1, 0.15) is 5.67 Å². The molecule has 1 aliphatic rings. The lowest BCUT2D eigenvalue weighted by Crippen LogP contribution is -2.45. The molecule has 1 saturated heterocycles. The van der Waals surface area contributed by atoms with Crippen LogP contribution in [0.15, 0.2) is 29.3 Å². The maximum Gasteiger partial charge on any atom is 0.258 e. The fraction of sp³-hybridized carbons (Fsp3) is 0.429. The largest absolute Gasteiger partial charge is 0.316 e. The van der Waals surface area contributed by atoms with Gasteiger partial charge in [-0.2, -0.15) is 0 Å². The molecule has 0 atom stereocenters. The minimum absolute atomic E-state index is 0.163. The average Bonchev–Trinajstić information content (AvgIpc) is 2.47. The number of benzene rings is 1. The van der Waals surface area contributed by atoms with Crippen LogP contribution in [0.3, 0.4) is 0 Å². The number of hydrogen-bond acceptors (Lipinski definition) is 4. The normalized spacial score (nSPS) is 17.8. The standard InChI is InChI=1S/C14H16F2N4O/c15-14(3-5-17-6-4-14)8-20(16)10-1-2-12-11(7-10)13(21)19-9-18-12/h1-2,7,9,17H,3-6,8H2,(H,18,19,21). The summed E-state index contributed by atoms with van der Waals surface area (Å²) in [7, 11) is 0. The molecule has 0 aliphatic carbocycles. The predicted octanol–water partition coefficient (Wildman–Crippen LogP) is 1.71. The smallest absolute Gasteiger partial charge is 0.258 e. The van der Waals surface area contributed by atoms with E-state index in [0.717, 1.165) is 0 Å². The van der Waals surface area contributed by atoms with E-state index in [0.29, 0.717) is 23.7 Å². The average molecular weight is 294 g/mol. The van der Waals surface area contributed by atoms with Crippen molar-refractivity contribution in [3.05, 3.63) is 34.9 Å². The second-order valence-electron chi connectivity index (χ2n) is 5.35. The van der Waals surface area contributed by atoms with Crippen LogP contribution in [0.2, 0.25) is 0 Å². The number of fused-ring (bicyclic) bond motifs is 1. The third-order valence-corrected chi connectivity index (χ3v) is 3.83. The Morgan fingerprint density at radius 3 is 2.86 bits per heavy atom. The lowest BCUT2D eigenvalue weighted by Gasteiger charge is -2.32. The summed E-state index contributed by atoms with van der Waals surface area (Å²) in [6.45, 7) is 0.760. The Bertz CT molecular complexity index is 697. The minimum Gasteiger partial charge on any atom is -0.316 e. The molecule has 2 aromatic rings. The van der Waals surface area contributed by atoms with Gasteiger partial charge in [0.2, 0.25) is 0 Å². The molecule has 1 aliphatic heterocycles. The number of H-pyrrole nitrogens is 1. The number of aromatic amines is 1. The quantitative estimate of drug-likeness (QED) is 0.846. The predicted molar refractivity (Wildman–Crippen MR) is 76.8 cm³/mol. The van der Waals surface area contributed by atoms with E-state index in [4.69, 9.17) is 0 Å². The molecule has 1 fully saturated rings. The summed E-state index contributed by atoms with van der Waals surface area (Å²) in [4.78, 5) is 18.1. The van der Waals surface area contributed by atoms with Crippen molar-refractivity contribution in [2.24, 2.45) is 0 Å². The summed E-state index contributed by atoms with van der Waals surface area (Å²) < 4.78 is 28.8. The summed E-state index contributed by atoms with van der Waals surface area (Å²) in [6, 6.07) is 4.45. The highest BCUT2D eigenvalue weighted by atomic mass is 19.2. The van der Waals surface area contributed by atoms with E-state index in [1.165, 1.54) is 18.5 Å². The molecule has 112 valence electrons. The van der Waals surface area contributed by atoms with E-state index in [1.54, 1.807) is 6.07 Å². The van der Waals surface area contributed by atoms with E-state index >= 15 is 0 Å². The second-order valence-corrected chi connectivity index (χ2v) is 5.35. The van der Waals surface area contributed by atoms with E-state index in [-0.39, 0.29) is 36.0 Å². The first-order valence-corrected chi connectivity index (χ1v) is 6.88. The molecule has 2 heterocycles. The Balaban J connectivity index is 1.86. The number of rotatable bonds is 3. The van der Waals surface area contributed by atoms with Gasteiger partial charge >= 0.3 is 0 Å². The van der Waals surface area contributed by atoms with Gasteiger partial charge in [0.15, 0.2) is 0 Å². The van der Waals surface area contributed by atoms with Crippen LogP contribution in [-0.2, 0) is 0 Å². The van der Waals surface area contributed by atoms with Crippen molar-refractivity contribution < 1.29 is 8.87 Å². The van der Waals surface area contributed by atoms with Gasteiger partial charge in [-0.05, 0) is 44.1 Å². The number of alkyl halides is 1. The third-order valence-electron chi connectivity index (χ3n) is 3.83. The Hall–Kier alpha value is -2.02. The lowest BCUT2D eigenvalue weighted by atomic mass is 9.94. The minimum atomic E-state index is -1.55. The molecule has 21 heavy (non-hydrogen) atoms. The van der Waals surface area contributed by atoms with Crippen molar-refractivity contribution in [2.45, 2.75) is 18.5 Å².